The number of terminal acetylenes is 1. The molecular formula is C28H31N5O4. The number of carbonyl (C=O) groups excluding carboxylic acids is 1. The van der Waals surface area contributed by atoms with Crippen molar-refractivity contribution in [1.29, 1.82) is 0 Å². The fourth-order valence-corrected chi connectivity index (χ4v) is 4.31. The number of aromatic hydroxyl groups is 2. The molecule has 2 aromatic carbocycles. The number of unbranched alkanes of at least 4 members (excludes halogenated alkanes) is 1. The number of nitrogens with two attached hydrogens (primary N) is 1. The number of aryl methyl sites for hydroxylation is 1. The first kappa shape index (κ1) is 25.8. The standard InChI is InChI=1S/C28H31N5O4/c1-3-5-9-23-32-25-26(33(23)17-19-7-6-8-22(34)27(19)36)20-16-18(10-11-21(20)31-28(25)29)12-14-37-15-13-30-24(35)4-2/h2,6-8,10-11,16,34,36H,3,5,9,12-15,17H2,1H3,(H2,29,31)(H,30,35). The molecule has 5 N–H and O–H groups in total. The second kappa shape index (κ2) is 11.6. The number of nitrogens with zero attached hydrogens (tertiary/aromatic N) is 3. The summed E-state index contributed by atoms with van der Waals surface area (Å²) < 4.78 is 7.70. The van der Waals surface area contributed by atoms with Gasteiger partial charge in [-0.15, -0.1) is 6.42 Å². The van der Waals surface area contributed by atoms with Crippen molar-refractivity contribution in [2.24, 2.45) is 0 Å². The Balaban J connectivity index is 1.69. The van der Waals surface area contributed by atoms with Gasteiger partial charge in [-0.05, 0) is 42.5 Å². The summed E-state index contributed by atoms with van der Waals surface area (Å²) in [4.78, 5) is 20.6. The summed E-state index contributed by atoms with van der Waals surface area (Å²) >= 11 is 0. The summed E-state index contributed by atoms with van der Waals surface area (Å²) in [6.45, 7) is 3.64. The summed E-state index contributed by atoms with van der Waals surface area (Å²) in [7, 11) is 0. The van der Waals surface area contributed by atoms with E-state index in [1.165, 1.54) is 6.07 Å². The number of carbonyl (C=O) groups is 1. The van der Waals surface area contributed by atoms with E-state index in [0.29, 0.717) is 49.6 Å². The van der Waals surface area contributed by atoms with Crippen molar-refractivity contribution in [3.8, 4) is 23.8 Å². The minimum atomic E-state index is -0.456. The summed E-state index contributed by atoms with van der Waals surface area (Å²) in [6, 6.07) is 10.9. The molecule has 2 aromatic heterocycles. The van der Waals surface area contributed by atoms with Crippen molar-refractivity contribution in [2.45, 2.75) is 39.2 Å². The van der Waals surface area contributed by atoms with Crippen LogP contribution in [0.25, 0.3) is 21.9 Å². The fourth-order valence-electron chi connectivity index (χ4n) is 4.31. The van der Waals surface area contributed by atoms with Gasteiger partial charge in [0.2, 0.25) is 0 Å². The molecule has 0 aliphatic carbocycles. The summed E-state index contributed by atoms with van der Waals surface area (Å²) in [5, 5.41) is 24.0. The van der Waals surface area contributed by atoms with E-state index in [2.05, 4.69) is 27.9 Å². The number of phenolic OH excluding ortho intramolecular Hbond substituents is 2. The zero-order chi connectivity index (χ0) is 26.4. The summed E-state index contributed by atoms with van der Waals surface area (Å²) in [6.07, 6.45) is 8.39. The number of hydrogen-bond donors (Lipinski definition) is 4. The highest BCUT2D eigenvalue weighted by Crippen LogP contribution is 2.34. The van der Waals surface area contributed by atoms with Crippen LogP contribution in [0.2, 0.25) is 0 Å². The lowest BCUT2D eigenvalue weighted by Gasteiger charge is -2.13. The second-order valence-corrected chi connectivity index (χ2v) is 8.81. The zero-order valence-electron chi connectivity index (χ0n) is 20.8. The number of pyridine rings is 1. The number of amides is 1. The van der Waals surface area contributed by atoms with Gasteiger partial charge >= 0.3 is 0 Å². The molecular weight excluding hydrogens is 470 g/mol. The van der Waals surface area contributed by atoms with E-state index < -0.39 is 5.91 Å². The number of anilines is 1. The number of para-hydroxylation sites is 1. The number of nitrogen functional groups attached to an aromatic ring is 1. The van der Waals surface area contributed by atoms with Crippen LogP contribution in [-0.2, 0) is 28.9 Å². The van der Waals surface area contributed by atoms with E-state index in [1.807, 2.05) is 18.1 Å². The number of phenols is 2. The van der Waals surface area contributed by atoms with Gasteiger partial charge in [-0.3, -0.25) is 4.79 Å². The first-order chi connectivity index (χ1) is 17.9. The van der Waals surface area contributed by atoms with Crippen molar-refractivity contribution < 1.29 is 19.7 Å². The van der Waals surface area contributed by atoms with E-state index in [0.717, 1.165) is 47.1 Å². The van der Waals surface area contributed by atoms with Gasteiger partial charge in [-0.2, -0.15) is 0 Å². The number of fused-ring (bicyclic) bond motifs is 3. The number of rotatable bonds is 11. The smallest absolute Gasteiger partial charge is 0.295 e. The van der Waals surface area contributed by atoms with Crippen LogP contribution >= 0.6 is 0 Å². The molecule has 2 heterocycles. The maximum absolute atomic E-state index is 11.1. The first-order valence-electron chi connectivity index (χ1n) is 12.3. The van der Waals surface area contributed by atoms with Crippen molar-refractivity contribution in [1.82, 2.24) is 19.9 Å². The average Bonchev–Trinajstić information content (AvgIpc) is 3.26. The molecule has 0 fully saturated rings. The average molecular weight is 502 g/mol. The van der Waals surface area contributed by atoms with Gasteiger partial charge < -0.3 is 30.6 Å². The minimum absolute atomic E-state index is 0.145. The van der Waals surface area contributed by atoms with Crippen molar-refractivity contribution >= 4 is 33.7 Å². The highest BCUT2D eigenvalue weighted by molar-refractivity contribution is 6.06. The van der Waals surface area contributed by atoms with Gasteiger partial charge in [0.25, 0.3) is 5.91 Å². The quantitative estimate of drug-likeness (QED) is 0.141. The number of benzene rings is 2. The number of nitrogens with one attached hydrogen (secondary N) is 1. The van der Waals surface area contributed by atoms with Crippen LogP contribution in [0.4, 0.5) is 5.82 Å². The van der Waals surface area contributed by atoms with Crippen LogP contribution in [0.15, 0.2) is 36.4 Å². The third-order valence-corrected chi connectivity index (χ3v) is 6.23. The monoisotopic (exact) mass is 501 g/mol. The molecule has 0 atom stereocenters. The second-order valence-electron chi connectivity index (χ2n) is 8.81. The zero-order valence-corrected chi connectivity index (χ0v) is 20.8. The summed E-state index contributed by atoms with van der Waals surface area (Å²) in [5.41, 5.74) is 10.2. The molecule has 0 aliphatic heterocycles. The fraction of sp³-hybridized carbons (Fsp3) is 0.321. The van der Waals surface area contributed by atoms with Gasteiger partial charge in [0.05, 0.1) is 30.8 Å². The van der Waals surface area contributed by atoms with Crippen molar-refractivity contribution in [3.05, 3.63) is 53.3 Å². The molecule has 37 heavy (non-hydrogen) atoms. The van der Waals surface area contributed by atoms with Gasteiger partial charge in [0.1, 0.15) is 11.3 Å². The Morgan fingerprint density at radius 3 is 2.81 bits per heavy atom. The van der Waals surface area contributed by atoms with E-state index in [9.17, 15) is 15.0 Å². The molecule has 0 bridgehead atoms. The lowest BCUT2D eigenvalue weighted by Crippen LogP contribution is -2.25. The molecule has 1 amide bonds. The van der Waals surface area contributed by atoms with Crippen LogP contribution in [0.1, 0.15) is 36.7 Å². The molecule has 4 rings (SSSR count). The SMILES string of the molecule is C#CC(=O)NCCOCCc1ccc2nc(N)c3nc(CCCC)n(Cc4cccc(O)c4O)c3c2c1. The van der Waals surface area contributed by atoms with E-state index in [1.54, 1.807) is 12.1 Å². The number of ether oxygens (including phenoxy) is 1. The van der Waals surface area contributed by atoms with Gasteiger partial charge in [0.15, 0.2) is 17.3 Å². The molecule has 9 nitrogen and oxygen atoms in total. The molecule has 0 saturated carbocycles. The Hall–Kier alpha value is -4.29. The van der Waals surface area contributed by atoms with Gasteiger partial charge in [0, 0.05) is 23.9 Å². The van der Waals surface area contributed by atoms with Crippen LogP contribution < -0.4 is 11.1 Å². The number of imidazole rings is 1. The van der Waals surface area contributed by atoms with Crippen LogP contribution in [0.3, 0.4) is 0 Å². The third kappa shape index (κ3) is 5.76. The van der Waals surface area contributed by atoms with Crippen LogP contribution in [0, 0.1) is 12.3 Å². The van der Waals surface area contributed by atoms with Crippen molar-refractivity contribution in [2.75, 3.05) is 25.5 Å². The molecule has 0 radical (unpaired) electrons. The Bertz CT molecular complexity index is 1470. The predicted molar refractivity (Wildman–Crippen MR) is 143 cm³/mol. The molecule has 0 saturated heterocycles. The van der Waals surface area contributed by atoms with Crippen LogP contribution in [0.5, 0.6) is 11.5 Å². The highest BCUT2D eigenvalue weighted by atomic mass is 16.5. The van der Waals surface area contributed by atoms with Crippen LogP contribution in [-0.4, -0.2) is 50.4 Å². The molecule has 0 unspecified atom stereocenters. The van der Waals surface area contributed by atoms with Gasteiger partial charge in [-0.25, -0.2) is 9.97 Å². The maximum atomic E-state index is 11.1. The molecule has 192 valence electrons. The molecule has 9 heteroatoms. The highest BCUT2D eigenvalue weighted by Gasteiger charge is 2.19. The Kier molecular flexibility index (Phi) is 8.11. The summed E-state index contributed by atoms with van der Waals surface area (Å²) in [5.74, 6) is 2.44. The Morgan fingerprint density at radius 1 is 1.19 bits per heavy atom. The normalized spacial score (nSPS) is 11.1. The maximum Gasteiger partial charge on any atom is 0.295 e. The molecule has 4 aromatic rings. The first-order valence-corrected chi connectivity index (χ1v) is 12.3. The predicted octanol–water partition coefficient (Wildman–Crippen LogP) is 3.28. The van der Waals surface area contributed by atoms with E-state index in [4.69, 9.17) is 21.9 Å². The minimum Gasteiger partial charge on any atom is -0.504 e. The lowest BCUT2D eigenvalue weighted by molar-refractivity contribution is -0.115. The van der Waals surface area contributed by atoms with Crippen molar-refractivity contribution in [3.63, 3.8) is 0 Å². The third-order valence-electron chi connectivity index (χ3n) is 6.23. The molecule has 0 aliphatic rings. The largest absolute Gasteiger partial charge is 0.504 e. The Morgan fingerprint density at radius 2 is 2.03 bits per heavy atom. The van der Waals surface area contributed by atoms with E-state index in [-0.39, 0.29) is 11.5 Å². The number of hydrogen-bond acceptors (Lipinski definition) is 7. The lowest BCUT2D eigenvalue weighted by atomic mass is 10.1. The number of aromatic nitrogens is 3. The molecule has 0 spiro atoms. The van der Waals surface area contributed by atoms with E-state index >= 15 is 0 Å². The Labute approximate surface area is 215 Å². The topological polar surface area (TPSA) is 136 Å². The van der Waals surface area contributed by atoms with Gasteiger partial charge in [-0.1, -0.05) is 31.5 Å².